The molecule has 2 amide bonds. The fourth-order valence-electron chi connectivity index (χ4n) is 5.76. The quantitative estimate of drug-likeness (QED) is 0.407. The zero-order valence-corrected chi connectivity index (χ0v) is 16.1. The van der Waals surface area contributed by atoms with Gasteiger partial charge in [-0.15, -0.1) is 0 Å². The van der Waals surface area contributed by atoms with Crippen LogP contribution in [0.5, 0.6) is 0 Å². The maximum Gasteiger partial charge on any atom is 0.416 e. The molecule has 2 bridgehead atoms. The Bertz CT molecular complexity index is 1100. The molecule has 1 heterocycles. The van der Waals surface area contributed by atoms with Crippen LogP contribution in [0.2, 0.25) is 0 Å². The summed E-state index contributed by atoms with van der Waals surface area (Å²) in [4.78, 5) is 37.6. The monoisotopic (exact) mass is 430 g/mol. The molecular formula is C22H17F3N2O4. The van der Waals surface area contributed by atoms with Gasteiger partial charge in [-0.05, 0) is 54.4 Å². The highest BCUT2D eigenvalue weighted by Crippen LogP contribution is 2.62. The van der Waals surface area contributed by atoms with E-state index in [0.717, 1.165) is 22.6 Å². The maximum atomic E-state index is 13.2. The molecule has 6 nitrogen and oxygen atoms in total. The molecule has 9 heteroatoms. The third-order valence-electron chi connectivity index (χ3n) is 6.98. The van der Waals surface area contributed by atoms with Crippen LogP contribution in [-0.2, 0) is 15.8 Å². The van der Waals surface area contributed by atoms with Gasteiger partial charge in [0.25, 0.3) is 5.69 Å². The second kappa shape index (κ2) is 6.63. The van der Waals surface area contributed by atoms with Gasteiger partial charge in [0.05, 0.1) is 28.0 Å². The van der Waals surface area contributed by atoms with Gasteiger partial charge in [0.15, 0.2) is 0 Å². The lowest BCUT2D eigenvalue weighted by Gasteiger charge is -2.28. The van der Waals surface area contributed by atoms with E-state index in [1.165, 1.54) is 24.3 Å². The van der Waals surface area contributed by atoms with Crippen molar-refractivity contribution in [2.24, 2.45) is 23.7 Å². The molecule has 2 saturated carbocycles. The Labute approximate surface area is 174 Å². The number of non-ortho nitro benzene ring substituents is 1. The van der Waals surface area contributed by atoms with E-state index in [1.807, 2.05) is 0 Å². The lowest BCUT2D eigenvalue weighted by atomic mass is 9.73. The molecule has 5 rings (SSSR count). The molecule has 0 N–H and O–H groups in total. The third kappa shape index (κ3) is 2.94. The van der Waals surface area contributed by atoms with Gasteiger partial charge in [-0.1, -0.05) is 18.2 Å². The lowest BCUT2D eigenvalue weighted by Crippen LogP contribution is -2.33. The van der Waals surface area contributed by atoms with Crippen LogP contribution in [0.1, 0.15) is 29.9 Å². The topological polar surface area (TPSA) is 80.5 Å². The fraction of sp³-hybridized carbons (Fsp3) is 0.364. The Morgan fingerprint density at radius 2 is 1.65 bits per heavy atom. The first-order valence-corrected chi connectivity index (χ1v) is 9.96. The maximum absolute atomic E-state index is 13.2. The van der Waals surface area contributed by atoms with Crippen LogP contribution in [0.4, 0.5) is 24.5 Å². The van der Waals surface area contributed by atoms with Crippen LogP contribution in [0, 0.1) is 33.8 Å². The number of benzene rings is 2. The predicted octanol–water partition coefficient (Wildman–Crippen LogP) is 4.54. The van der Waals surface area contributed by atoms with Gasteiger partial charge >= 0.3 is 6.18 Å². The second-order valence-electron chi connectivity index (χ2n) is 8.46. The number of imide groups is 1. The zero-order valence-electron chi connectivity index (χ0n) is 16.1. The van der Waals surface area contributed by atoms with Gasteiger partial charge < -0.3 is 0 Å². The summed E-state index contributed by atoms with van der Waals surface area (Å²) in [7, 11) is 0. The molecule has 3 fully saturated rings. The van der Waals surface area contributed by atoms with Gasteiger partial charge in [0.1, 0.15) is 0 Å². The van der Waals surface area contributed by atoms with Crippen molar-refractivity contribution in [2.75, 3.05) is 4.90 Å². The van der Waals surface area contributed by atoms with E-state index < -0.39 is 40.3 Å². The van der Waals surface area contributed by atoms with Crippen molar-refractivity contribution >= 4 is 23.2 Å². The van der Waals surface area contributed by atoms with Crippen molar-refractivity contribution in [3.8, 4) is 0 Å². The molecule has 0 unspecified atom stereocenters. The van der Waals surface area contributed by atoms with Gasteiger partial charge in [-0.2, -0.15) is 13.2 Å². The number of nitro groups is 1. The number of nitrogens with zero attached hydrogens (tertiary/aromatic N) is 2. The van der Waals surface area contributed by atoms with Crippen molar-refractivity contribution in [1.29, 1.82) is 0 Å². The molecule has 1 saturated heterocycles. The van der Waals surface area contributed by atoms with Crippen molar-refractivity contribution in [3.05, 3.63) is 69.8 Å². The van der Waals surface area contributed by atoms with E-state index in [2.05, 4.69) is 0 Å². The molecule has 0 spiro atoms. The minimum atomic E-state index is -4.57. The number of rotatable bonds is 3. The van der Waals surface area contributed by atoms with Crippen molar-refractivity contribution in [2.45, 2.75) is 24.9 Å². The second-order valence-corrected chi connectivity index (χ2v) is 8.46. The Hall–Kier alpha value is -3.23. The number of halogens is 3. The van der Waals surface area contributed by atoms with Crippen LogP contribution in [0.15, 0.2) is 48.5 Å². The summed E-state index contributed by atoms with van der Waals surface area (Å²) >= 11 is 0. The number of amides is 2. The first-order chi connectivity index (χ1) is 14.7. The van der Waals surface area contributed by atoms with E-state index >= 15 is 0 Å². The van der Waals surface area contributed by atoms with Crippen molar-refractivity contribution < 1.29 is 27.7 Å². The Morgan fingerprint density at radius 1 is 0.968 bits per heavy atom. The summed E-state index contributed by atoms with van der Waals surface area (Å²) in [5, 5.41) is 10.9. The van der Waals surface area contributed by atoms with Gasteiger partial charge in [0, 0.05) is 12.1 Å². The minimum Gasteiger partial charge on any atom is -0.274 e. The largest absolute Gasteiger partial charge is 0.416 e. The number of hydrogen-bond acceptors (Lipinski definition) is 4. The van der Waals surface area contributed by atoms with Gasteiger partial charge in [-0.3, -0.25) is 24.6 Å². The molecule has 31 heavy (non-hydrogen) atoms. The summed E-state index contributed by atoms with van der Waals surface area (Å²) < 4.78 is 39.3. The number of carbonyl (C=O) groups excluding carboxylic acids is 2. The number of hydrogen-bond donors (Lipinski definition) is 0. The molecule has 0 aromatic heterocycles. The summed E-state index contributed by atoms with van der Waals surface area (Å²) in [6.45, 7) is 0. The SMILES string of the molecule is O=C1[C@@H]2[C@H]3C[C@@H]([C@@H]2C(=O)N1c1cccc(C(F)(F)F)c1)[C@H](c1ccc([N+](=O)[O-])cc1)C3. The van der Waals surface area contributed by atoms with E-state index in [9.17, 15) is 32.9 Å². The molecule has 2 aliphatic carbocycles. The summed E-state index contributed by atoms with van der Waals surface area (Å²) in [5.74, 6) is -2.10. The summed E-state index contributed by atoms with van der Waals surface area (Å²) in [6, 6.07) is 10.5. The van der Waals surface area contributed by atoms with Gasteiger partial charge in [0.2, 0.25) is 11.8 Å². The molecule has 160 valence electrons. The first-order valence-electron chi connectivity index (χ1n) is 9.96. The number of carbonyl (C=O) groups is 2. The number of anilines is 1. The lowest BCUT2D eigenvalue weighted by molar-refractivity contribution is -0.384. The van der Waals surface area contributed by atoms with Crippen LogP contribution in [-0.4, -0.2) is 16.7 Å². The highest BCUT2D eigenvalue weighted by atomic mass is 19.4. The Kier molecular flexibility index (Phi) is 4.22. The molecule has 2 aromatic rings. The van der Waals surface area contributed by atoms with E-state index in [1.54, 1.807) is 12.1 Å². The summed E-state index contributed by atoms with van der Waals surface area (Å²) in [5.41, 5.74) is -0.0955. The number of alkyl halides is 3. The predicted molar refractivity (Wildman–Crippen MR) is 103 cm³/mol. The Balaban J connectivity index is 1.44. The minimum absolute atomic E-state index is 0.00902. The molecule has 5 atom stereocenters. The smallest absolute Gasteiger partial charge is 0.274 e. The van der Waals surface area contributed by atoms with Crippen LogP contribution in [0.25, 0.3) is 0 Å². The van der Waals surface area contributed by atoms with E-state index in [0.29, 0.717) is 12.8 Å². The highest BCUT2D eigenvalue weighted by Gasteiger charge is 2.64. The van der Waals surface area contributed by atoms with Crippen molar-refractivity contribution in [3.63, 3.8) is 0 Å². The van der Waals surface area contributed by atoms with Crippen LogP contribution < -0.4 is 4.90 Å². The summed E-state index contributed by atoms with van der Waals surface area (Å²) in [6.07, 6.45) is -3.19. The average molecular weight is 430 g/mol. The van der Waals surface area contributed by atoms with E-state index in [-0.39, 0.29) is 29.1 Å². The first kappa shape index (κ1) is 19.7. The van der Waals surface area contributed by atoms with Crippen LogP contribution >= 0.6 is 0 Å². The van der Waals surface area contributed by atoms with Crippen LogP contribution in [0.3, 0.4) is 0 Å². The molecule has 0 radical (unpaired) electrons. The normalized spacial score (nSPS) is 29.5. The fourth-order valence-corrected chi connectivity index (χ4v) is 5.76. The molecule has 1 aliphatic heterocycles. The average Bonchev–Trinajstić information content (AvgIpc) is 3.39. The standard InChI is InChI=1S/C22H17F3N2O4/c23-22(24,25)13-2-1-3-15(10-13)26-20(28)18-12-8-16(17(9-12)19(18)21(26)29)11-4-6-14(7-5-11)27(30)31/h1-7,10,12,16-19H,8-9H2/t12-,16+,17-,18-,19+/m1/s1. The number of fused-ring (bicyclic) bond motifs is 5. The van der Waals surface area contributed by atoms with E-state index in [4.69, 9.17) is 0 Å². The zero-order chi connectivity index (χ0) is 22.1. The third-order valence-corrected chi connectivity index (χ3v) is 6.98. The molecular weight excluding hydrogens is 413 g/mol. The molecule has 2 aromatic carbocycles. The highest BCUT2D eigenvalue weighted by molar-refractivity contribution is 6.22. The van der Waals surface area contributed by atoms with Crippen molar-refractivity contribution in [1.82, 2.24) is 0 Å². The molecule has 3 aliphatic rings. The number of nitro benzene ring substituents is 1. The van der Waals surface area contributed by atoms with Gasteiger partial charge in [-0.25, -0.2) is 0 Å². The Morgan fingerprint density at radius 3 is 2.29 bits per heavy atom.